The van der Waals surface area contributed by atoms with E-state index in [0.717, 1.165) is 0 Å². The smallest absolute Gasteiger partial charge is 0.336 e. The number of hydrogen-bond acceptors (Lipinski definition) is 7. The standard InChI is InChI=1S/C10H13NO6/c1-15-8(12)5-4-11-7(10(14)17-3)6(5)9(13)16-2/h4,6-7,11H,1-3H3/t6-,7-/m0/s1. The van der Waals surface area contributed by atoms with Crippen LogP contribution in [-0.4, -0.2) is 45.3 Å². The molecule has 0 radical (unpaired) electrons. The van der Waals surface area contributed by atoms with Crippen molar-refractivity contribution in [2.24, 2.45) is 5.92 Å². The molecule has 0 bridgehead atoms. The minimum atomic E-state index is -1.06. The summed E-state index contributed by atoms with van der Waals surface area (Å²) in [7, 11) is 3.54. The van der Waals surface area contributed by atoms with Crippen LogP contribution in [0.2, 0.25) is 0 Å². The molecule has 0 aromatic rings. The number of nitrogens with one attached hydrogen (secondary N) is 1. The van der Waals surface area contributed by atoms with E-state index in [1.807, 2.05) is 0 Å². The van der Waals surface area contributed by atoms with Gasteiger partial charge in [0.05, 0.1) is 26.9 Å². The Morgan fingerprint density at radius 2 is 1.65 bits per heavy atom. The zero-order valence-electron chi connectivity index (χ0n) is 9.68. The summed E-state index contributed by atoms with van der Waals surface area (Å²) in [4.78, 5) is 34.4. The predicted molar refractivity (Wildman–Crippen MR) is 54.5 cm³/mol. The van der Waals surface area contributed by atoms with E-state index in [0.29, 0.717) is 0 Å². The van der Waals surface area contributed by atoms with Crippen molar-refractivity contribution in [3.8, 4) is 0 Å². The molecule has 0 amide bonds. The molecule has 2 atom stereocenters. The Kier molecular flexibility index (Phi) is 4.08. The number of esters is 3. The fourth-order valence-corrected chi connectivity index (χ4v) is 1.57. The van der Waals surface area contributed by atoms with Gasteiger partial charge in [0, 0.05) is 6.20 Å². The monoisotopic (exact) mass is 243 g/mol. The summed E-state index contributed by atoms with van der Waals surface area (Å²) in [5, 5.41) is 2.60. The van der Waals surface area contributed by atoms with Crippen LogP contribution in [0.25, 0.3) is 0 Å². The highest BCUT2D eigenvalue weighted by Crippen LogP contribution is 2.24. The molecule has 0 fully saturated rings. The SMILES string of the molecule is COC(=O)C1=CN[C@H](C(=O)OC)[C@H]1C(=O)OC. The average molecular weight is 243 g/mol. The molecule has 1 aliphatic rings. The van der Waals surface area contributed by atoms with Crippen molar-refractivity contribution in [2.75, 3.05) is 21.3 Å². The second-order valence-electron chi connectivity index (χ2n) is 3.26. The van der Waals surface area contributed by atoms with E-state index in [9.17, 15) is 14.4 Å². The van der Waals surface area contributed by atoms with Gasteiger partial charge in [0.1, 0.15) is 12.0 Å². The molecule has 17 heavy (non-hydrogen) atoms. The summed E-state index contributed by atoms with van der Waals surface area (Å²) in [5.74, 6) is -3.11. The van der Waals surface area contributed by atoms with Gasteiger partial charge in [-0.2, -0.15) is 0 Å². The van der Waals surface area contributed by atoms with Crippen molar-refractivity contribution in [3.63, 3.8) is 0 Å². The first kappa shape index (κ1) is 13.0. The molecule has 7 nitrogen and oxygen atoms in total. The largest absolute Gasteiger partial charge is 0.468 e. The Labute approximate surface area is 97.7 Å². The molecule has 94 valence electrons. The van der Waals surface area contributed by atoms with Crippen LogP contribution < -0.4 is 5.32 Å². The third-order valence-corrected chi connectivity index (χ3v) is 2.42. The van der Waals surface area contributed by atoms with Gasteiger partial charge >= 0.3 is 17.9 Å². The maximum absolute atomic E-state index is 11.6. The lowest BCUT2D eigenvalue weighted by Crippen LogP contribution is -2.42. The minimum absolute atomic E-state index is 0.0368. The zero-order valence-corrected chi connectivity index (χ0v) is 9.68. The van der Waals surface area contributed by atoms with Crippen molar-refractivity contribution >= 4 is 17.9 Å². The van der Waals surface area contributed by atoms with E-state index in [1.54, 1.807) is 0 Å². The highest BCUT2D eigenvalue weighted by Gasteiger charge is 2.44. The van der Waals surface area contributed by atoms with Gasteiger partial charge in [-0.05, 0) is 0 Å². The highest BCUT2D eigenvalue weighted by atomic mass is 16.5. The molecule has 0 aliphatic carbocycles. The fourth-order valence-electron chi connectivity index (χ4n) is 1.57. The number of ether oxygens (including phenoxy) is 3. The third-order valence-electron chi connectivity index (χ3n) is 2.42. The topological polar surface area (TPSA) is 90.9 Å². The zero-order chi connectivity index (χ0) is 13.0. The van der Waals surface area contributed by atoms with Crippen LogP contribution in [0.5, 0.6) is 0 Å². The molecule has 1 heterocycles. The summed E-state index contributed by atoms with van der Waals surface area (Å²) in [6.45, 7) is 0. The molecule has 0 saturated carbocycles. The normalized spacial score (nSPS) is 22.2. The summed E-state index contributed by atoms with van der Waals surface area (Å²) in [6.07, 6.45) is 1.26. The molecular formula is C10H13NO6. The van der Waals surface area contributed by atoms with Crippen LogP contribution in [0.1, 0.15) is 0 Å². The first-order valence-corrected chi connectivity index (χ1v) is 4.76. The van der Waals surface area contributed by atoms with Crippen LogP contribution in [-0.2, 0) is 28.6 Å². The lowest BCUT2D eigenvalue weighted by molar-refractivity contribution is -0.153. The van der Waals surface area contributed by atoms with Crippen molar-refractivity contribution in [1.29, 1.82) is 0 Å². The Morgan fingerprint density at radius 1 is 1.06 bits per heavy atom. The van der Waals surface area contributed by atoms with Gasteiger partial charge in [-0.15, -0.1) is 0 Å². The van der Waals surface area contributed by atoms with Crippen molar-refractivity contribution in [2.45, 2.75) is 6.04 Å². The second-order valence-corrected chi connectivity index (χ2v) is 3.26. The molecule has 1 N–H and O–H groups in total. The van der Waals surface area contributed by atoms with Gasteiger partial charge in [0.25, 0.3) is 0 Å². The molecule has 0 saturated heterocycles. The van der Waals surface area contributed by atoms with Gasteiger partial charge in [-0.3, -0.25) is 4.79 Å². The van der Waals surface area contributed by atoms with Gasteiger partial charge in [0.2, 0.25) is 0 Å². The minimum Gasteiger partial charge on any atom is -0.468 e. The first-order chi connectivity index (χ1) is 8.06. The summed E-state index contributed by atoms with van der Waals surface area (Å²) < 4.78 is 13.6. The molecule has 0 spiro atoms. The summed E-state index contributed by atoms with van der Waals surface area (Å²) in [5.41, 5.74) is 0.0368. The maximum atomic E-state index is 11.6. The van der Waals surface area contributed by atoms with E-state index >= 15 is 0 Å². The molecular weight excluding hydrogens is 230 g/mol. The lowest BCUT2D eigenvalue weighted by atomic mass is 9.95. The molecule has 1 rings (SSSR count). The summed E-state index contributed by atoms with van der Waals surface area (Å²) >= 11 is 0. The van der Waals surface area contributed by atoms with Gasteiger partial charge in [0.15, 0.2) is 0 Å². The number of rotatable bonds is 3. The molecule has 0 unspecified atom stereocenters. The van der Waals surface area contributed by atoms with Crippen LogP contribution in [0, 0.1) is 5.92 Å². The first-order valence-electron chi connectivity index (χ1n) is 4.76. The molecule has 7 heteroatoms. The van der Waals surface area contributed by atoms with Crippen LogP contribution in [0.3, 0.4) is 0 Å². The van der Waals surface area contributed by atoms with E-state index in [-0.39, 0.29) is 5.57 Å². The van der Waals surface area contributed by atoms with Crippen LogP contribution in [0.15, 0.2) is 11.8 Å². The van der Waals surface area contributed by atoms with Gasteiger partial charge < -0.3 is 19.5 Å². The number of hydrogen-bond donors (Lipinski definition) is 1. The Hall–Kier alpha value is -2.05. The summed E-state index contributed by atoms with van der Waals surface area (Å²) in [6, 6.07) is -0.971. The lowest BCUT2D eigenvalue weighted by Gasteiger charge is -2.17. The molecule has 1 aliphatic heterocycles. The molecule has 0 aromatic carbocycles. The van der Waals surface area contributed by atoms with E-state index in [2.05, 4.69) is 19.5 Å². The second kappa shape index (κ2) is 5.33. The van der Waals surface area contributed by atoms with E-state index in [4.69, 9.17) is 0 Å². The van der Waals surface area contributed by atoms with E-state index in [1.165, 1.54) is 27.5 Å². The number of methoxy groups -OCH3 is 3. The van der Waals surface area contributed by atoms with Crippen molar-refractivity contribution < 1.29 is 28.6 Å². The predicted octanol–water partition coefficient (Wildman–Crippen LogP) is -1.02. The Balaban J connectivity index is 2.98. The molecule has 0 aromatic heterocycles. The quantitative estimate of drug-likeness (QED) is 0.501. The number of carbonyl (C=O) groups is 3. The average Bonchev–Trinajstić information content (AvgIpc) is 2.80. The maximum Gasteiger partial charge on any atom is 0.336 e. The third kappa shape index (κ3) is 2.38. The number of carbonyl (C=O) groups excluding carboxylic acids is 3. The fraction of sp³-hybridized carbons (Fsp3) is 0.500. The Morgan fingerprint density at radius 3 is 2.12 bits per heavy atom. The Bertz CT molecular complexity index is 375. The van der Waals surface area contributed by atoms with Crippen LogP contribution in [0.4, 0.5) is 0 Å². The highest BCUT2D eigenvalue weighted by molar-refractivity contribution is 6.00. The van der Waals surface area contributed by atoms with E-state index < -0.39 is 29.9 Å². The van der Waals surface area contributed by atoms with Crippen molar-refractivity contribution in [3.05, 3.63) is 11.8 Å². The van der Waals surface area contributed by atoms with Crippen molar-refractivity contribution in [1.82, 2.24) is 5.32 Å². The van der Waals surface area contributed by atoms with Gasteiger partial charge in [-0.1, -0.05) is 0 Å². The van der Waals surface area contributed by atoms with Gasteiger partial charge in [-0.25, -0.2) is 9.59 Å². The van der Waals surface area contributed by atoms with Crippen LogP contribution >= 0.6 is 0 Å².